The number of hydrogen-bond donors (Lipinski definition) is 1. The minimum Gasteiger partial charge on any atom is -0.374 e. The van der Waals surface area contributed by atoms with Crippen molar-refractivity contribution in [3.8, 4) is 0 Å². The lowest BCUT2D eigenvalue weighted by molar-refractivity contribution is -0.0182. The van der Waals surface area contributed by atoms with Crippen LogP contribution in [0.4, 0.5) is 0 Å². The maximum atomic E-state index is 5.71. The average Bonchev–Trinajstić information content (AvgIpc) is 2.29. The highest BCUT2D eigenvalue weighted by molar-refractivity contribution is 5.21. The SMILES string of the molecule is Cc1cccc(CNC[C@@H]2CN(C)CCO2)c1. The fraction of sp³-hybridized carbons (Fsp3) is 0.571. The minimum atomic E-state index is 0.332. The van der Waals surface area contributed by atoms with Crippen LogP contribution in [0.2, 0.25) is 0 Å². The van der Waals surface area contributed by atoms with Crippen LogP contribution in [0, 0.1) is 6.92 Å². The Kier molecular flexibility index (Phi) is 4.54. The smallest absolute Gasteiger partial charge is 0.0826 e. The minimum absolute atomic E-state index is 0.332. The number of nitrogens with zero attached hydrogens (tertiary/aromatic N) is 1. The molecule has 1 aromatic carbocycles. The molecule has 0 amide bonds. The molecule has 0 bridgehead atoms. The molecule has 1 aliphatic heterocycles. The van der Waals surface area contributed by atoms with Gasteiger partial charge in [-0.15, -0.1) is 0 Å². The zero-order chi connectivity index (χ0) is 12.1. The van der Waals surface area contributed by atoms with E-state index in [1.54, 1.807) is 0 Å². The summed E-state index contributed by atoms with van der Waals surface area (Å²) in [6.45, 7) is 6.91. The number of ether oxygens (including phenoxy) is 1. The van der Waals surface area contributed by atoms with E-state index in [-0.39, 0.29) is 0 Å². The monoisotopic (exact) mass is 234 g/mol. The molecule has 0 spiro atoms. The first-order valence-corrected chi connectivity index (χ1v) is 6.30. The predicted molar refractivity (Wildman–Crippen MR) is 70.1 cm³/mol. The Morgan fingerprint density at radius 2 is 2.35 bits per heavy atom. The lowest BCUT2D eigenvalue weighted by Gasteiger charge is -2.30. The van der Waals surface area contributed by atoms with Crippen molar-refractivity contribution < 1.29 is 4.74 Å². The molecule has 1 aromatic rings. The summed E-state index contributed by atoms with van der Waals surface area (Å²) in [6.07, 6.45) is 0.332. The molecule has 1 heterocycles. The zero-order valence-electron chi connectivity index (χ0n) is 10.8. The molecule has 1 fully saturated rings. The Morgan fingerprint density at radius 3 is 3.12 bits per heavy atom. The molecule has 1 N–H and O–H groups in total. The third-order valence-electron chi connectivity index (χ3n) is 3.13. The van der Waals surface area contributed by atoms with Crippen LogP contribution in [-0.2, 0) is 11.3 Å². The Hall–Kier alpha value is -0.900. The van der Waals surface area contributed by atoms with Crippen LogP contribution in [0.1, 0.15) is 11.1 Å². The van der Waals surface area contributed by atoms with Gasteiger partial charge in [0, 0.05) is 26.2 Å². The predicted octanol–water partition coefficient (Wildman–Crippen LogP) is 1.42. The molecule has 94 valence electrons. The van der Waals surface area contributed by atoms with Crippen molar-refractivity contribution in [2.75, 3.05) is 33.3 Å². The quantitative estimate of drug-likeness (QED) is 0.852. The van der Waals surface area contributed by atoms with E-state index in [1.807, 2.05) is 0 Å². The van der Waals surface area contributed by atoms with Crippen LogP contribution in [0.3, 0.4) is 0 Å². The zero-order valence-corrected chi connectivity index (χ0v) is 10.8. The van der Waals surface area contributed by atoms with Crippen molar-refractivity contribution >= 4 is 0 Å². The second-order valence-electron chi connectivity index (χ2n) is 4.87. The van der Waals surface area contributed by atoms with Gasteiger partial charge in [0.2, 0.25) is 0 Å². The highest BCUT2D eigenvalue weighted by Gasteiger charge is 2.16. The van der Waals surface area contributed by atoms with Gasteiger partial charge in [0.25, 0.3) is 0 Å². The van der Waals surface area contributed by atoms with Gasteiger partial charge >= 0.3 is 0 Å². The van der Waals surface area contributed by atoms with Crippen LogP contribution in [0.5, 0.6) is 0 Å². The molecule has 0 aromatic heterocycles. The average molecular weight is 234 g/mol. The number of hydrogen-bond acceptors (Lipinski definition) is 3. The fourth-order valence-electron chi connectivity index (χ4n) is 2.19. The second-order valence-corrected chi connectivity index (χ2v) is 4.87. The normalized spacial score (nSPS) is 21.6. The molecular formula is C14H22N2O. The van der Waals surface area contributed by atoms with Gasteiger partial charge in [0.15, 0.2) is 0 Å². The molecule has 3 heteroatoms. The van der Waals surface area contributed by atoms with E-state index in [4.69, 9.17) is 4.74 Å². The van der Waals surface area contributed by atoms with E-state index >= 15 is 0 Å². The van der Waals surface area contributed by atoms with Gasteiger partial charge in [-0.1, -0.05) is 29.8 Å². The largest absolute Gasteiger partial charge is 0.374 e. The van der Waals surface area contributed by atoms with Gasteiger partial charge in [0.05, 0.1) is 12.7 Å². The van der Waals surface area contributed by atoms with Crippen LogP contribution >= 0.6 is 0 Å². The molecule has 1 saturated heterocycles. The first-order chi connectivity index (χ1) is 8.24. The van der Waals surface area contributed by atoms with Gasteiger partial charge in [0.1, 0.15) is 0 Å². The number of morpholine rings is 1. The summed E-state index contributed by atoms with van der Waals surface area (Å²) in [5.74, 6) is 0. The second kappa shape index (κ2) is 6.15. The topological polar surface area (TPSA) is 24.5 Å². The van der Waals surface area contributed by atoms with Gasteiger partial charge in [-0.3, -0.25) is 0 Å². The Morgan fingerprint density at radius 1 is 1.47 bits per heavy atom. The molecular weight excluding hydrogens is 212 g/mol. The first-order valence-electron chi connectivity index (χ1n) is 6.30. The van der Waals surface area contributed by atoms with Gasteiger partial charge in [-0.25, -0.2) is 0 Å². The molecule has 1 atom stereocenters. The fourth-order valence-corrected chi connectivity index (χ4v) is 2.19. The van der Waals surface area contributed by atoms with E-state index < -0.39 is 0 Å². The Labute approximate surface area is 104 Å². The third-order valence-corrected chi connectivity index (χ3v) is 3.13. The number of nitrogens with one attached hydrogen (secondary N) is 1. The summed E-state index contributed by atoms with van der Waals surface area (Å²) in [4.78, 5) is 2.32. The Bertz CT molecular complexity index is 354. The molecule has 0 radical (unpaired) electrons. The van der Waals surface area contributed by atoms with E-state index in [0.717, 1.165) is 32.8 Å². The summed E-state index contributed by atoms with van der Waals surface area (Å²) < 4.78 is 5.71. The molecule has 0 saturated carbocycles. The molecule has 3 nitrogen and oxygen atoms in total. The summed E-state index contributed by atoms with van der Waals surface area (Å²) in [7, 11) is 2.15. The Balaban J connectivity index is 1.72. The maximum Gasteiger partial charge on any atom is 0.0826 e. The highest BCUT2D eigenvalue weighted by atomic mass is 16.5. The molecule has 1 aliphatic rings. The van der Waals surface area contributed by atoms with E-state index in [0.29, 0.717) is 6.10 Å². The van der Waals surface area contributed by atoms with Crippen molar-refractivity contribution in [3.63, 3.8) is 0 Å². The van der Waals surface area contributed by atoms with E-state index in [9.17, 15) is 0 Å². The van der Waals surface area contributed by atoms with Gasteiger partial charge in [-0.2, -0.15) is 0 Å². The lowest BCUT2D eigenvalue weighted by atomic mass is 10.1. The molecule has 2 rings (SSSR count). The van der Waals surface area contributed by atoms with E-state index in [2.05, 4.69) is 48.5 Å². The van der Waals surface area contributed by atoms with Crippen molar-refractivity contribution in [1.82, 2.24) is 10.2 Å². The van der Waals surface area contributed by atoms with Crippen molar-refractivity contribution in [2.45, 2.75) is 19.6 Å². The highest BCUT2D eigenvalue weighted by Crippen LogP contribution is 2.05. The standard InChI is InChI=1S/C14H22N2O/c1-12-4-3-5-13(8-12)9-15-10-14-11-16(2)6-7-17-14/h3-5,8,14-15H,6-7,9-11H2,1-2H3/t14-/m1/s1. The van der Waals surface area contributed by atoms with Gasteiger partial charge < -0.3 is 15.0 Å². The summed E-state index contributed by atoms with van der Waals surface area (Å²) in [5, 5.41) is 3.47. The van der Waals surface area contributed by atoms with Crippen molar-refractivity contribution in [3.05, 3.63) is 35.4 Å². The summed E-state index contributed by atoms with van der Waals surface area (Å²) >= 11 is 0. The summed E-state index contributed by atoms with van der Waals surface area (Å²) in [5.41, 5.74) is 2.66. The number of rotatable bonds is 4. The van der Waals surface area contributed by atoms with E-state index in [1.165, 1.54) is 11.1 Å². The third kappa shape index (κ3) is 4.11. The molecule has 17 heavy (non-hydrogen) atoms. The first kappa shape index (κ1) is 12.6. The molecule has 0 aliphatic carbocycles. The summed E-state index contributed by atoms with van der Waals surface area (Å²) in [6, 6.07) is 8.62. The van der Waals surface area contributed by atoms with Crippen LogP contribution in [0.15, 0.2) is 24.3 Å². The van der Waals surface area contributed by atoms with Crippen molar-refractivity contribution in [1.29, 1.82) is 0 Å². The van der Waals surface area contributed by atoms with Gasteiger partial charge in [-0.05, 0) is 19.5 Å². The molecule has 0 unspecified atom stereocenters. The number of likely N-dealkylation sites (N-methyl/N-ethyl adjacent to an activating group) is 1. The van der Waals surface area contributed by atoms with Crippen LogP contribution in [-0.4, -0.2) is 44.3 Å². The van der Waals surface area contributed by atoms with Crippen LogP contribution < -0.4 is 5.32 Å². The van der Waals surface area contributed by atoms with Crippen LogP contribution in [0.25, 0.3) is 0 Å². The maximum absolute atomic E-state index is 5.71. The lowest BCUT2D eigenvalue weighted by Crippen LogP contribution is -2.44. The number of aryl methyl sites for hydroxylation is 1. The van der Waals surface area contributed by atoms with Crippen molar-refractivity contribution in [2.24, 2.45) is 0 Å². The number of benzene rings is 1.